The number of carbonyl (C=O) groups excluding carboxylic acids is 1. The SMILES string of the molecule is O=C(NCC1CCC(O)CC1)NC1CC1. The predicted octanol–water partition coefficient (Wildman–Crippen LogP) is 0.999. The first-order chi connectivity index (χ1) is 7.24. The highest BCUT2D eigenvalue weighted by molar-refractivity contribution is 5.74. The zero-order valence-electron chi connectivity index (χ0n) is 9.04. The number of aliphatic hydroxyl groups excluding tert-OH is 1. The number of hydrogen-bond acceptors (Lipinski definition) is 2. The highest BCUT2D eigenvalue weighted by Crippen LogP contribution is 2.23. The van der Waals surface area contributed by atoms with E-state index < -0.39 is 0 Å². The molecule has 0 saturated heterocycles. The van der Waals surface area contributed by atoms with Crippen LogP contribution < -0.4 is 10.6 Å². The molecule has 0 unspecified atom stereocenters. The van der Waals surface area contributed by atoms with Crippen LogP contribution in [0.1, 0.15) is 38.5 Å². The molecule has 0 aliphatic heterocycles. The second-order valence-corrected chi connectivity index (χ2v) is 4.80. The van der Waals surface area contributed by atoms with Crippen LogP contribution in [-0.2, 0) is 0 Å². The molecule has 0 bridgehead atoms. The number of aliphatic hydroxyl groups is 1. The van der Waals surface area contributed by atoms with Crippen molar-refractivity contribution >= 4 is 6.03 Å². The molecule has 86 valence electrons. The molecule has 2 rings (SSSR count). The monoisotopic (exact) mass is 212 g/mol. The van der Waals surface area contributed by atoms with Gasteiger partial charge in [0.25, 0.3) is 0 Å². The van der Waals surface area contributed by atoms with Gasteiger partial charge in [0.1, 0.15) is 0 Å². The predicted molar refractivity (Wildman–Crippen MR) is 57.5 cm³/mol. The Labute approximate surface area is 90.4 Å². The van der Waals surface area contributed by atoms with Gasteiger partial charge in [-0.15, -0.1) is 0 Å². The van der Waals surface area contributed by atoms with Crippen LogP contribution in [-0.4, -0.2) is 29.8 Å². The van der Waals surface area contributed by atoms with Crippen LogP contribution in [0.2, 0.25) is 0 Å². The molecule has 0 aromatic rings. The third-order valence-corrected chi connectivity index (χ3v) is 3.28. The highest BCUT2D eigenvalue weighted by Gasteiger charge is 2.24. The summed E-state index contributed by atoms with van der Waals surface area (Å²) in [5.74, 6) is 0.554. The molecule has 4 heteroatoms. The molecule has 0 atom stereocenters. The lowest BCUT2D eigenvalue weighted by Crippen LogP contribution is -2.40. The molecule has 3 N–H and O–H groups in total. The van der Waals surface area contributed by atoms with Crippen LogP contribution in [0.4, 0.5) is 4.79 Å². The van der Waals surface area contributed by atoms with Gasteiger partial charge in [0, 0.05) is 12.6 Å². The van der Waals surface area contributed by atoms with E-state index in [0.717, 1.165) is 45.1 Å². The molecule has 2 aliphatic rings. The summed E-state index contributed by atoms with van der Waals surface area (Å²) in [7, 11) is 0. The Hall–Kier alpha value is -0.770. The molecule has 4 nitrogen and oxygen atoms in total. The summed E-state index contributed by atoms with van der Waals surface area (Å²) in [4.78, 5) is 11.3. The van der Waals surface area contributed by atoms with Gasteiger partial charge in [-0.25, -0.2) is 4.79 Å². The van der Waals surface area contributed by atoms with E-state index in [-0.39, 0.29) is 12.1 Å². The van der Waals surface area contributed by atoms with Crippen molar-refractivity contribution in [3.8, 4) is 0 Å². The summed E-state index contributed by atoms with van der Waals surface area (Å²) in [6, 6.07) is 0.404. The molecule has 2 amide bonds. The first-order valence-corrected chi connectivity index (χ1v) is 5.96. The van der Waals surface area contributed by atoms with Crippen molar-refractivity contribution in [2.75, 3.05) is 6.54 Å². The van der Waals surface area contributed by atoms with Crippen LogP contribution in [0.25, 0.3) is 0 Å². The quantitative estimate of drug-likeness (QED) is 0.653. The standard InChI is InChI=1S/C11H20N2O2/c14-10-5-1-8(2-6-10)7-12-11(15)13-9-3-4-9/h8-10,14H,1-7H2,(H2,12,13,15). The lowest BCUT2D eigenvalue weighted by atomic mass is 9.87. The van der Waals surface area contributed by atoms with Crippen LogP contribution in [0.5, 0.6) is 0 Å². The Balaban J connectivity index is 1.58. The van der Waals surface area contributed by atoms with E-state index in [0.29, 0.717) is 12.0 Å². The summed E-state index contributed by atoms with van der Waals surface area (Å²) in [5.41, 5.74) is 0. The molecule has 0 aromatic carbocycles. The minimum absolute atomic E-state index is 0.0244. The zero-order valence-corrected chi connectivity index (χ0v) is 9.04. The average Bonchev–Trinajstić information content (AvgIpc) is 3.01. The van der Waals surface area contributed by atoms with Crippen molar-refractivity contribution < 1.29 is 9.90 Å². The molecular weight excluding hydrogens is 192 g/mol. The summed E-state index contributed by atoms with van der Waals surface area (Å²) in [6.45, 7) is 0.755. The van der Waals surface area contributed by atoms with Crippen molar-refractivity contribution in [2.45, 2.75) is 50.7 Å². The highest BCUT2D eigenvalue weighted by atomic mass is 16.3. The third kappa shape index (κ3) is 3.70. The van der Waals surface area contributed by atoms with E-state index >= 15 is 0 Å². The van der Waals surface area contributed by atoms with E-state index in [2.05, 4.69) is 10.6 Å². The molecule has 0 radical (unpaired) electrons. The number of rotatable bonds is 3. The Morgan fingerprint density at radius 3 is 2.40 bits per heavy atom. The van der Waals surface area contributed by atoms with Gasteiger partial charge in [-0.1, -0.05) is 0 Å². The number of nitrogens with one attached hydrogen (secondary N) is 2. The summed E-state index contributed by atoms with van der Waals surface area (Å²) in [5, 5.41) is 15.1. The van der Waals surface area contributed by atoms with Gasteiger partial charge in [-0.05, 0) is 44.4 Å². The Morgan fingerprint density at radius 2 is 1.80 bits per heavy atom. The van der Waals surface area contributed by atoms with E-state index in [1.165, 1.54) is 0 Å². The maximum Gasteiger partial charge on any atom is 0.315 e. The van der Waals surface area contributed by atoms with E-state index in [4.69, 9.17) is 0 Å². The van der Waals surface area contributed by atoms with Gasteiger partial charge in [-0.3, -0.25) is 0 Å². The fourth-order valence-corrected chi connectivity index (χ4v) is 2.05. The van der Waals surface area contributed by atoms with Crippen LogP contribution >= 0.6 is 0 Å². The summed E-state index contributed by atoms with van der Waals surface area (Å²) >= 11 is 0. The van der Waals surface area contributed by atoms with Gasteiger partial charge in [0.05, 0.1) is 6.10 Å². The first kappa shape index (κ1) is 10.7. The largest absolute Gasteiger partial charge is 0.393 e. The maximum absolute atomic E-state index is 11.3. The Kier molecular flexibility index (Phi) is 3.46. The van der Waals surface area contributed by atoms with Crippen molar-refractivity contribution in [3.63, 3.8) is 0 Å². The van der Waals surface area contributed by atoms with Gasteiger partial charge < -0.3 is 15.7 Å². The minimum atomic E-state index is -0.110. The Morgan fingerprint density at radius 1 is 1.13 bits per heavy atom. The number of amides is 2. The van der Waals surface area contributed by atoms with Gasteiger partial charge >= 0.3 is 6.03 Å². The first-order valence-electron chi connectivity index (χ1n) is 5.96. The normalized spacial score (nSPS) is 31.0. The van der Waals surface area contributed by atoms with Crippen LogP contribution in [0, 0.1) is 5.92 Å². The zero-order chi connectivity index (χ0) is 10.7. The lowest BCUT2D eigenvalue weighted by molar-refractivity contribution is 0.109. The van der Waals surface area contributed by atoms with Gasteiger partial charge in [0.15, 0.2) is 0 Å². The molecule has 2 saturated carbocycles. The Bertz CT molecular complexity index is 221. The molecule has 2 fully saturated rings. The summed E-state index contributed by atoms with van der Waals surface area (Å²) in [6.07, 6.45) is 5.98. The van der Waals surface area contributed by atoms with E-state index in [9.17, 15) is 9.90 Å². The van der Waals surface area contributed by atoms with E-state index in [1.54, 1.807) is 0 Å². The van der Waals surface area contributed by atoms with E-state index in [1.807, 2.05) is 0 Å². The van der Waals surface area contributed by atoms with Crippen molar-refractivity contribution in [3.05, 3.63) is 0 Å². The van der Waals surface area contributed by atoms with Crippen LogP contribution in [0.3, 0.4) is 0 Å². The fraction of sp³-hybridized carbons (Fsp3) is 0.909. The molecule has 2 aliphatic carbocycles. The molecule has 0 aromatic heterocycles. The maximum atomic E-state index is 11.3. The van der Waals surface area contributed by atoms with Gasteiger partial charge in [-0.2, -0.15) is 0 Å². The molecule has 0 heterocycles. The molecule has 15 heavy (non-hydrogen) atoms. The minimum Gasteiger partial charge on any atom is -0.393 e. The number of carbonyl (C=O) groups is 1. The van der Waals surface area contributed by atoms with Crippen molar-refractivity contribution in [1.29, 1.82) is 0 Å². The lowest BCUT2D eigenvalue weighted by Gasteiger charge is -2.25. The molecular formula is C11H20N2O2. The average molecular weight is 212 g/mol. The number of hydrogen-bond donors (Lipinski definition) is 3. The summed E-state index contributed by atoms with van der Waals surface area (Å²) < 4.78 is 0. The van der Waals surface area contributed by atoms with Crippen LogP contribution in [0.15, 0.2) is 0 Å². The smallest absolute Gasteiger partial charge is 0.315 e. The fourth-order valence-electron chi connectivity index (χ4n) is 2.05. The second-order valence-electron chi connectivity index (χ2n) is 4.80. The molecule has 0 spiro atoms. The number of urea groups is 1. The third-order valence-electron chi connectivity index (χ3n) is 3.28. The van der Waals surface area contributed by atoms with Crippen molar-refractivity contribution in [1.82, 2.24) is 10.6 Å². The second kappa shape index (κ2) is 4.84. The van der Waals surface area contributed by atoms with Gasteiger partial charge in [0.2, 0.25) is 0 Å². The van der Waals surface area contributed by atoms with Crippen molar-refractivity contribution in [2.24, 2.45) is 5.92 Å². The topological polar surface area (TPSA) is 61.4 Å².